The molecule has 3 aromatic rings. The first-order valence-corrected chi connectivity index (χ1v) is 11.4. The summed E-state index contributed by atoms with van der Waals surface area (Å²) in [5.41, 5.74) is 3.85. The average Bonchev–Trinajstić information content (AvgIpc) is 3.18. The fourth-order valence-electron chi connectivity index (χ4n) is 2.57. The lowest BCUT2D eigenvalue weighted by Gasteiger charge is -2.06. The molecule has 0 saturated heterocycles. The van der Waals surface area contributed by atoms with E-state index in [1.54, 1.807) is 16.4 Å². The van der Waals surface area contributed by atoms with Gasteiger partial charge in [-0.05, 0) is 47.5 Å². The van der Waals surface area contributed by atoms with Crippen LogP contribution in [0, 0.1) is 13.8 Å². The van der Waals surface area contributed by atoms with Crippen LogP contribution in [0.3, 0.4) is 0 Å². The van der Waals surface area contributed by atoms with Crippen LogP contribution in [0.25, 0.3) is 16.4 Å². The second-order valence-electron chi connectivity index (χ2n) is 6.41. The number of benzene rings is 1. The molecule has 0 atom stereocenters. The molecule has 0 aliphatic heterocycles. The molecule has 0 radical (unpaired) electrons. The monoisotopic (exact) mass is 499 g/mol. The van der Waals surface area contributed by atoms with Crippen LogP contribution in [-0.2, 0) is 4.74 Å². The highest BCUT2D eigenvalue weighted by atomic mass is 79.9. The van der Waals surface area contributed by atoms with E-state index >= 15 is 0 Å². The van der Waals surface area contributed by atoms with Gasteiger partial charge in [-0.15, -0.1) is 11.8 Å². The number of carbonyl (C=O) groups excluding carboxylic acids is 1. The molecule has 3 rings (SSSR count). The average molecular weight is 501 g/mol. The molecular formula is C19H19BrClN3O2S2. The number of thioether (sulfide) groups is 1. The van der Waals surface area contributed by atoms with Gasteiger partial charge in [0.05, 0.1) is 27.2 Å². The van der Waals surface area contributed by atoms with E-state index in [-0.39, 0.29) is 0 Å². The number of aryl methyl sites for hydroxylation is 2. The van der Waals surface area contributed by atoms with Crippen LogP contribution >= 0.6 is 50.6 Å². The number of thiazole rings is 1. The van der Waals surface area contributed by atoms with Gasteiger partial charge in [-0.2, -0.15) is 9.78 Å². The molecule has 1 aromatic carbocycles. The fraction of sp³-hybridized carbons (Fsp3) is 0.316. The summed E-state index contributed by atoms with van der Waals surface area (Å²) in [7, 11) is 1.35. The van der Waals surface area contributed by atoms with E-state index in [0.29, 0.717) is 26.2 Å². The topological polar surface area (TPSA) is 57.0 Å². The lowest BCUT2D eigenvalue weighted by molar-refractivity contribution is 0.0589. The highest BCUT2D eigenvalue weighted by molar-refractivity contribution is 9.10. The van der Waals surface area contributed by atoms with Crippen molar-refractivity contribution in [3.8, 4) is 16.4 Å². The van der Waals surface area contributed by atoms with Gasteiger partial charge in [0.15, 0.2) is 5.69 Å². The molecule has 5 nitrogen and oxygen atoms in total. The van der Waals surface area contributed by atoms with Gasteiger partial charge in [0, 0.05) is 15.8 Å². The van der Waals surface area contributed by atoms with E-state index in [0.717, 1.165) is 26.1 Å². The van der Waals surface area contributed by atoms with Crippen LogP contribution in [0.2, 0.25) is 5.02 Å². The minimum atomic E-state index is -0.468. The summed E-state index contributed by atoms with van der Waals surface area (Å²) >= 11 is 12.9. The van der Waals surface area contributed by atoms with E-state index < -0.39 is 5.97 Å². The molecule has 2 heterocycles. The van der Waals surface area contributed by atoms with E-state index in [1.165, 1.54) is 18.4 Å². The Morgan fingerprint density at radius 3 is 2.68 bits per heavy atom. The maximum atomic E-state index is 12.3. The predicted molar refractivity (Wildman–Crippen MR) is 119 cm³/mol. The Labute approximate surface area is 185 Å². The molecule has 148 valence electrons. The second-order valence-corrected chi connectivity index (χ2v) is 10.4. The maximum Gasteiger partial charge on any atom is 0.358 e. The van der Waals surface area contributed by atoms with Crippen molar-refractivity contribution in [2.45, 2.75) is 37.2 Å². The molecule has 0 spiro atoms. The fourth-order valence-corrected chi connectivity index (χ4v) is 5.58. The molecule has 0 aliphatic rings. The van der Waals surface area contributed by atoms with Crippen LogP contribution < -0.4 is 0 Å². The Kier molecular flexibility index (Phi) is 6.54. The molecule has 0 fully saturated rings. The van der Waals surface area contributed by atoms with Crippen molar-refractivity contribution in [1.82, 2.24) is 14.8 Å². The number of hydrogen-bond donors (Lipinski definition) is 0. The van der Waals surface area contributed by atoms with Crippen molar-refractivity contribution in [2.24, 2.45) is 0 Å². The van der Waals surface area contributed by atoms with Crippen molar-refractivity contribution >= 4 is 56.6 Å². The van der Waals surface area contributed by atoms with Gasteiger partial charge in [0.1, 0.15) is 0 Å². The predicted octanol–water partition coefficient (Wildman–Crippen LogP) is 6.32. The van der Waals surface area contributed by atoms with Gasteiger partial charge in [-0.3, -0.25) is 0 Å². The van der Waals surface area contributed by atoms with Gasteiger partial charge in [-0.25, -0.2) is 9.78 Å². The molecular weight excluding hydrogens is 482 g/mol. The molecule has 9 heteroatoms. The molecule has 0 saturated carbocycles. The number of ether oxygens (including phenoxy) is 1. The maximum absolute atomic E-state index is 12.3. The van der Waals surface area contributed by atoms with Crippen molar-refractivity contribution in [2.75, 3.05) is 7.11 Å². The zero-order valence-electron chi connectivity index (χ0n) is 16.0. The van der Waals surface area contributed by atoms with E-state index in [9.17, 15) is 4.79 Å². The van der Waals surface area contributed by atoms with Crippen molar-refractivity contribution in [3.63, 3.8) is 0 Å². The first-order chi connectivity index (χ1) is 13.2. The highest BCUT2D eigenvalue weighted by Crippen LogP contribution is 2.41. The number of aromatic nitrogens is 3. The summed E-state index contributed by atoms with van der Waals surface area (Å²) in [4.78, 5) is 17.1. The molecule has 0 N–H and O–H groups in total. The first-order valence-electron chi connectivity index (χ1n) is 8.50. The molecule has 2 aromatic heterocycles. The summed E-state index contributed by atoms with van der Waals surface area (Å²) in [6.45, 7) is 8.07. The molecule has 0 amide bonds. The second kappa shape index (κ2) is 8.57. The lowest BCUT2D eigenvalue weighted by Crippen LogP contribution is -2.10. The van der Waals surface area contributed by atoms with Gasteiger partial charge in [0.25, 0.3) is 0 Å². The lowest BCUT2D eigenvalue weighted by atomic mass is 10.1. The van der Waals surface area contributed by atoms with Gasteiger partial charge in [0.2, 0.25) is 5.13 Å². The molecule has 0 bridgehead atoms. The number of hydrogen-bond acceptors (Lipinski definition) is 6. The number of rotatable bonds is 5. The smallest absolute Gasteiger partial charge is 0.358 e. The Bertz CT molecular complexity index is 1050. The molecule has 28 heavy (non-hydrogen) atoms. The summed E-state index contributed by atoms with van der Waals surface area (Å²) in [5.74, 6) is -0.468. The Hall–Kier alpha value is -1.35. The highest BCUT2D eigenvalue weighted by Gasteiger charge is 2.25. The van der Waals surface area contributed by atoms with Crippen molar-refractivity contribution in [1.29, 1.82) is 0 Å². The number of methoxy groups -OCH3 is 1. The quantitative estimate of drug-likeness (QED) is 0.303. The molecule has 0 aliphatic carbocycles. The Morgan fingerprint density at radius 2 is 2.07 bits per heavy atom. The molecule has 0 unspecified atom stereocenters. The summed E-state index contributed by atoms with van der Waals surface area (Å²) in [5, 5.41) is 6.21. The third kappa shape index (κ3) is 4.15. The normalized spacial score (nSPS) is 11.3. The van der Waals surface area contributed by atoms with Crippen molar-refractivity contribution in [3.05, 3.63) is 44.6 Å². The van der Waals surface area contributed by atoms with Crippen LogP contribution in [0.1, 0.15) is 35.6 Å². The summed E-state index contributed by atoms with van der Waals surface area (Å²) < 4.78 is 8.15. The Balaban J connectivity index is 2.19. The third-order valence-corrected chi connectivity index (χ3v) is 7.52. The minimum absolute atomic E-state index is 0.327. The van der Waals surface area contributed by atoms with Crippen molar-refractivity contribution < 1.29 is 9.53 Å². The van der Waals surface area contributed by atoms with Gasteiger partial charge >= 0.3 is 5.97 Å². The Morgan fingerprint density at radius 1 is 1.36 bits per heavy atom. The SMILES string of the molecule is COC(=O)c1c(Br)c(C)nn1-c1nc(-c2ccc(Cl)c(C)c2)c(SC(C)C)s1. The first kappa shape index (κ1) is 21.4. The van der Waals surface area contributed by atoms with Crippen LogP contribution in [0.4, 0.5) is 0 Å². The van der Waals surface area contributed by atoms with Crippen LogP contribution in [-0.4, -0.2) is 33.1 Å². The van der Waals surface area contributed by atoms with E-state index in [2.05, 4.69) is 34.9 Å². The third-order valence-electron chi connectivity index (χ3n) is 3.91. The number of halogens is 2. The van der Waals surface area contributed by atoms with E-state index in [4.69, 9.17) is 21.3 Å². The van der Waals surface area contributed by atoms with Gasteiger partial charge < -0.3 is 4.74 Å². The number of carbonyl (C=O) groups is 1. The summed E-state index contributed by atoms with van der Waals surface area (Å²) in [6, 6.07) is 5.87. The largest absolute Gasteiger partial charge is 0.464 e. The standard InChI is InChI=1S/C19H19BrClN3O2S2/c1-9(2)27-18-15(12-6-7-13(21)10(3)8-12)22-19(28-18)24-16(17(25)26-5)14(20)11(4)23-24/h6-9H,1-5H3. The number of esters is 1. The van der Waals surface area contributed by atoms with Crippen LogP contribution in [0.15, 0.2) is 26.9 Å². The van der Waals surface area contributed by atoms with E-state index in [1.807, 2.05) is 32.0 Å². The minimum Gasteiger partial charge on any atom is -0.464 e. The summed E-state index contributed by atoms with van der Waals surface area (Å²) in [6.07, 6.45) is 0. The zero-order valence-corrected chi connectivity index (χ0v) is 20.0. The zero-order chi connectivity index (χ0) is 20.6. The number of nitrogens with zero attached hydrogens (tertiary/aromatic N) is 3. The van der Waals surface area contributed by atoms with Gasteiger partial charge in [-0.1, -0.05) is 42.9 Å². The van der Waals surface area contributed by atoms with Crippen LogP contribution in [0.5, 0.6) is 0 Å².